The fourth-order valence-corrected chi connectivity index (χ4v) is 3.10. The molecule has 3 heterocycles. The fourth-order valence-electron chi connectivity index (χ4n) is 3.10. The van der Waals surface area contributed by atoms with E-state index in [1.54, 1.807) is 35.5 Å². The summed E-state index contributed by atoms with van der Waals surface area (Å²) in [5, 5.41) is 14.8. The molecule has 3 rings (SSSR count). The molecule has 2 amide bonds. The standard InChI is InChI=1S/C23H30N10O2/c1-17-6-7-18(13-27-17)11-22(34)29-21-16-33(31-30-21)10-3-2-9-32(25)15-20(24)23(35)28-14-19-5-4-8-26-12-19/h4-8,12-13,15-16H,2-3,9-11,14,24-25H2,1H3,(H,28,35)(H,29,34)/b20-15-. The zero-order valence-corrected chi connectivity index (χ0v) is 19.6. The highest BCUT2D eigenvalue weighted by atomic mass is 16.2. The van der Waals surface area contributed by atoms with Gasteiger partial charge < -0.3 is 21.4 Å². The molecule has 0 aliphatic carbocycles. The third-order valence-electron chi connectivity index (χ3n) is 4.94. The molecule has 0 aliphatic heterocycles. The zero-order chi connectivity index (χ0) is 25.0. The molecule has 184 valence electrons. The number of amides is 2. The number of anilines is 1. The van der Waals surface area contributed by atoms with Crippen LogP contribution in [0.2, 0.25) is 0 Å². The summed E-state index contributed by atoms with van der Waals surface area (Å²) in [5.41, 5.74) is 8.45. The minimum atomic E-state index is -0.403. The molecule has 0 saturated heterocycles. The van der Waals surface area contributed by atoms with Gasteiger partial charge in [-0.3, -0.25) is 24.2 Å². The third kappa shape index (κ3) is 8.85. The summed E-state index contributed by atoms with van der Waals surface area (Å²) in [6.07, 6.45) is 9.82. The summed E-state index contributed by atoms with van der Waals surface area (Å²) >= 11 is 0. The molecule has 35 heavy (non-hydrogen) atoms. The van der Waals surface area contributed by atoms with Crippen LogP contribution in [0.25, 0.3) is 0 Å². The number of carbonyl (C=O) groups is 2. The number of aryl methyl sites for hydroxylation is 2. The van der Waals surface area contributed by atoms with Crippen LogP contribution >= 0.6 is 0 Å². The molecule has 12 heteroatoms. The molecule has 3 aromatic rings. The van der Waals surface area contributed by atoms with E-state index < -0.39 is 5.91 Å². The van der Waals surface area contributed by atoms with Gasteiger partial charge in [-0.25, -0.2) is 5.84 Å². The molecular formula is C23H30N10O2. The van der Waals surface area contributed by atoms with Crippen molar-refractivity contribution in [2.24, 2.45) is 11.6 Å². The minimum absolute atomic E-state index is 0.0227. The SMILES string of the molecule is Cc1ccc(CC(=O)Nc2cn(CCCCN(N)/C=C(\N)C(=O)NCc3cccnc3)nn2)cn1. The summed E-state index contributed by atoms with van der Waals surface area (Å²) < 4.78 is 1.65. The van der Waals surface area contributed by atoms with E-state index in [9.17, 15) is 9.59 Å². The normalized spacial score (nSPS) is 11.2. The van der Waals surface area contributed by atoms with Gasteiger partial charge in [0.2, 0.25) is 5.91 Å². The van der Waals surface area contributed by atoms with E-state index in [-0.39, 0.29) is 18.0 Å². The number of hydrogen-bond acceptors (Lipinski definition) is 9. The maximum atomic E-state index is 12.2. The number of unbranched alkanes of at least 4 members (excludes halogenated alkanes) is 1. The molecule has 0 saturated carbocycles. The van der Waals surface area contributed by atoms with Crippen molar-refractivity contribution in [1.82, 2.24) is 35.3 Å². The Balaban J connectivity index is 1.33. The van der Waals surface area contributed by atoms with Crippen LogP contribution in [0.15, 0.2) is 60.9 Å². The number of aromatic nitrogens is 5. The van der Waals surface area contributed by atoms with Gasteiger partial charge in [0.05, 0.1) is 12.6 Å². The van der Waals surface area contributed by atoms with Crippen LogP contribution in [0.1, 0.15) is 29.7 Å². The van der Waals surface area contributed by atoms with Gasteiger partial charge in [-0.15, -0.1) is 5.10 Å². The van der Waals surface area contributed by atoms with Crippen LogP contribution in [0, 0.1) is 6.92 Å². The first-order valence-electron chi connectivity index (χ1n) is 11.2. The number of nitrogens with one attached hydrogen (secondary N) is 2. The van der Waals surface area contributed by atoms with Crippen LogP contribution in [0.5, 0.6) is 0 Å². The number of hydrogen-bond donors (Lipinski definition) is 4. The van der Waals surface area contributed by atoms with Crippen molar-refractivity contribution < 1.29 is 9.59 Å². The number of pyridine rings is 2. The number of carbonyl (C=O) groups excluding carboxylic acids is 2. The van der Waals surface area contributed by atoms with E-state index in [0.29, 0.717) is 25.5 Å². The van der Waals surface area contributed by atoms with Gasteiger partial charge in [0, 0.05) is 50.1 Å². The van der Waals surface area contributed by atoms with E-state index in [2.05, 4.69) is 30.9 Å². The van der Waals surface area contributed by atoms with Crippen LogP contribution < -0.4 is 22.2 Å². The molecule has 0 aromatic carbocycles. The lowest BCUT2D eigenvalue weighted by molar-refractivity contribution is -0.118. The minimum Gasteiger partial charge on any atom is -0.393 e. The molecule has 0 unspecified atom stereocenters. The van der Waals surface area contributed by atoms with Crippen LogP contribution in [0.3, 0.4) is 0 Å². The molecule has 6 N–H and O–H groups in total. The van der Waals surface area contributed by atoms with Crippen LogP contribution in [-0.4, -0.2) is 48.3 Å². The van der Waals surface area contributed by atoms with Gasteiger partial charge in [0.1, 0.15) is 5.70 Å². The van der Waals surface area contributed by atoms with Crippen molar-refractivity contribution in [2.45, 2.75) is 39.3 Å². The van der Waals surface area contributed by atoms with Crippen molar-refractivity contribution in [3.05, 3.63) is 77.8 Å². The highest BCUT2D eigenvalue weighted by Crippen LogP contribution is 2.06. The molecule has 0 aliphatic rings. The lowest BCUT2D eigenvalue weighted by atomic mass is 10.2. The van der Waals surface area contributed by atoms with Crippen molar-refractivity contribution in [3.8, 4) is 0 Å². The fraction of sp³-hybridized carbons (Fsp3) is 0.304. The molecule has 0 radical (unpaired) electrons. The Labute approximate surface area is 203 Å². The first kappa shape index (κ1) is 25.3. The highest BCUT2D eigenvalue weighted by molar-refractivity contribution is 5.92. The first-order chi connectivity index (χ1) is 16.9. The Kier molecular flexibility index (Phi) is 9.25. The summed E-state index contributed by atoms with van der Waals surface area (Å²) in [7, 11) is 0. The Bertz CT molecular complexity index is 1130. The van der Waals surface area contributed by atoms with Gasteiger partial charge in [-0.2, -0.15) is 0 Å². The van der Waals surface area contributed by atoms with Gasteiger partial charge in [0.25, 0.3) is 5.91 Å². The summed E-state index contributed by atoms with van der Waals surface area (Å²) in [5.74, 6) is 5.73. The Hall–Kier alpha value is -4.32. The third-order valence-corrected chi connectivity index (χ3v) is 4.94. The maximum Gasteiger partial charge on any atom is 0.268 e. The quantitative estimate of drug-likeness (QED) is 0.126. The number of nitrogens with two attached hydrogens (primary N) is 2. The van der Waals surface area contributed by atoms with E-state index >= 15 is 0 Å². The van der Waals surface area contributed by atoms with Gasteiger partial charge >= 0.3 is 0 Å². The van der Waals surface area contributed by atoms with Crippen molar-refractivity contribution in [2.75, 3.05) is 11.9 Å². The van der Waals surface area contributed by atoms with Crippen molar-refractivity contribution in [1.29, 1.82) is 0 Å². The lowest BCUT2D eigenvalue weighted by Gasteiger charge is -2.14. The van der Waals surface area contributed by atoms with Crippen LogP contribution in [-0.2, 0) is 29.1 Å². The maximum absolute atomic E-state index is 12.2. The zero-order valence-electron chi connectivity index (χ0n) is 19.6. The highest BCUT2D eigenvalue weighted by Gasteiger charge is 2.09. The van der Waals surface area contributed by atoms with Gasteiger partial charge in [-0.1, -0.05) is 17.3 Å². The summed E-state index contributed by atoms with van der Waals surface area (Å²) in [6, 6.07) is 7.39. The molecule has 0 bridgehead atoms. The summed E-state index contributed by atoms with van der Waals surface area (Å²) in [6.45, 7) is 3.32. The van der Waals surface area contributed by atoms with Crippen molar-refractivity contribution in [3.63, 3.8) is 0 Å². The van der Waals surface area contributed by atoms with E-state index in [1.807, 2.05) is 25.1 Å². The monoisotopic (exact) mass is 478 g/mol. The van der Waals surface area contributed by atoms with Gasteiger partial charge in [0.15, 0.2) is 5.82 Å². The number of rotatable bonds is 12. The average Bonchev–Trinajstić information content (AvgIpc) is 3.29. The largest absolute Gasteiger partial charge is 0.393 e. The average molecular weight is 479 g/mol. The summed E-state index contributed by atoms with van der Waals surface area (Å²) in [4.78, 5) is 32.5. The van der Waals surface area contributed by atoms with Gasteiger partial charge in [-0.05, 0) is 43.0 Å². The Morgan fingerprint density at radius 3 is 2.77 bits per heavy atom. The molecule has 12 nitrogen and oxygen atoms in total. The Morgan fingerprint density at radius 1 is 1.17 bits per heavy atom. The molecular weight excluding hydrogens is 448 g/mol. The lowest BCUT2D eigenvalue weighted by Crippen LogP contribution is -2.33. The number of hydrazine groups is 1. The van der Waals surface area contributed by atoms with Crippen molar-refractivity contribution >= 4 is 17.6 Å². The topological polar surface area (TPSA) is 170 Å². The second-order valence-corrected chi connectivity index (χ2v) is 7.97. The number of nitrogens with zero attached hydrogens (tertiary/aromatic N) is 6. The first-order valence-corrected chi connectivity index (χ1v) is 11.2. The molecule has 0 atom stereocenters. The van der Waals surface area contributed by atoms with E-state index in [4.69, 9.17) is 11.6 Å². The Morgan fingerprint density at radius 2 is 2.03 bits per heavy atom. The van der Waals surface area contributed by atoms with Crippen LogP contribution in [0.4, 0.5) is 5.82 Å². The second-order valence-electron chi connectivity index (χ2n) is 7.97. The second kappa shape index (κ2) is 12.8. The predicted octanol–water partition coefficient (Wildman–Crippen LogP) is 0.630. The molecule has 3 aromatic heterocycles. The molecule has 0 fully saturated rings. The smallest absolute Gasteiger partial charge is 0.268 e. The molecule has 0 spiro atoms. The van der Waals surface area contributed by atoms with E-state index in [0.717, 1.165) is 29.7 Å². The van der Waals surface area contributed by atoms with E-state index in [1.165, 1.54) is 11.2 Å². The predicted molar refractivity (Wildman–Crippen MR) is 130 cm³/mol.